The minimum atomic E-state index is 1.14. The van der Waals surface area contributed by atoms with Crippen molar-refractivity contribution in [1.82, 2.24) is 9.13 Å². The van der Waals surface area contributed by atoms with Crippen molar-refractivity contribution in [3.8, 4) is 33.6 Å². The fourth-order valence-corrected chi connectivity index (χ4v) is 6.84. The Morgan fingerprint density at radius 2 is 0.760 bits per heavy atom. The van der Waals surface area contributed by atoms with Gasteiger partial charge in [0.15, 0.2) is 0 Å². The largest absolute Gasteiger partial charge is 0.309 e. The fraction of sp³-hybridized carbons (Fsp3) is 0.125. The first-order valence-corrected chi connectivity index (χ1v) is 17.9. The Kier molecular flexibility index (Phi) is 10.5. The van der Waals surface area contributed by atoms with Crippen LogP contribution in [0.25, 0.3) is 77.2 Å². The first-order valence-electron chi connectivity index (χ1n) is 17.9. The molecule has 2 nitrogen and oxygen atoms in total. The van der Waals surface area contributed by atoms with E-state index >= 15 is 0 Å². The molecule has 50 heavy (non-hydrogen) atoms. The quantitative estimate of drug-likeness (QED) is 0.180. The molecule has 7 aromatic carbocycles. The molecule has 0 bridgehead atoms. The lowest BCUT2D eigenvalue weighted by Gasteiger charge is -2.11. The molecule has 0 spiro atoms. The van der Waals surface area contributed by atoms with Crippen LogP contribution < -0.4 is 0 Å². The average molecular weight is 649 g/mol. The lowest BCUT2D eigenvalue weighted by atomic mass is 10.1. The molecule has 0 saturated heterocycles. The van der Waals surface area contributed by atoms with Crippen LogP contribution in [0, 0.1) is 12.1 Å². The maximum atomic E-state index is 3.07. The van der Waals surface area contributed by atoms with Crippen molar-refractivity contribution >= 4 is 43.6 Å². The van der Waals surface area contributed by atoms with Gasteiger partial charge in [0.2, 0.25) is 0 Å². The third-order valence-electron chi connectivity index (χ3n) is 8.82. The monoisotopic (exact) mass is 648 g/mol. The molecule has 0 aliphatic heterocycles. The maximum Gasteiger partial charge on any atom is 0.0548 e. The van der Waals surface area contributed by atoms with Crippen molar-refractivity contribution < 1.29 is 0 Å². The van der Waals surface area contributed by atoms with Gasteiger partial charge in [-0.2, -0.15) is 0 Å². The Morgan fingerprint density at radius 3 is 1.22 bits per heavy atom. The topological polar surface area (TPSA) is 9.86 Å². The Labute approximate surface area is 296 Å². The highest BCUT2D eigenvalue weighted by atomic mass is 15.0. The Balaban J connectivity index is 0.000000686. The molecule has 0 aliphatic carbocycles. The fourth-order valence-electron chi connectivity index (χ4n) is 6.84. The molecule has 0 N–H and O–H groups in total. The molecule has 0 amide bonds. The van der Waals surface area contributed by atoms with Gasteiger partial charge >= 0.3 is 0 Å². The molecular weight excluding hydrogens is 605 g/mol. The van der Waals surface area contributed by atoms with Crippen LogP contribution in [0.15, 0.2) is 158 Å². The summed E-state index contributed by atoms with van der Waals surface area (Å²) in [6.07, 6.45) is 0. The number of hydrogen-bond acceptors (Lipinski definition) is 0. The lowest BCUT2D eigenvalue weighted by Crippen LogP contribution is -1.95. The van der Waals surface area contributed by atoms with Crippen molar-refractivity contribution in [2.75, 3.05) is 0 Å². The van der Waals surface area contributed by atoms with E-state index in [9.17, 15) is 0 Å². The van der Waals surface area contributed by atoms with Gasteiger partial charge in [0, 0.05) is 32.9 Å². The molecule has 246 valence electrons. The molecular formula is C48H44N2. The third-order valence-corrected chi connectivity index (χ3v) is 8.82. The van der Waals surface area contributed by atoms with Crippen LogP contribution in [-0.2, 0) is 0 Å². The van der Waals surface area contributed by atoms with Crippen LogP contribution in [0.2, 0.25) is 0 Å². The number of rotatable bonds is 4. The second-order valence-corrected chi connectivity index (χ2v) is 11.2. The van der Waals surface area contributed by atoms with E-state index in [1.807, 2.05) is 53.7 Å². The molecule has 9 aromatic rings. The normalized spacial score (nSPS) is 10.4. The van der Waals surface area contributed by atoms with E-state index in [0.717, 1.165) is 16.9 Å². The number of para-hydroxylation sites is 2. The summed E-state index contributed by atoms with van der Waals surface area (Å²) >= 11 is 0. The Hall–Kier alpha value is -6.04. The van der Waals surface area contributed by atoms with E-state index in [4.69, 9.17) is 0 Å². The summed E-state index contributed by atoms with van der Waals surface area (Å²) in [7, 11) is 0. The van der Waals surface area contributed by atoms with Gasteiger partial charge < -0.3 is 9.13 Å². The van der Waals surface area contributed by atoms with E-state index in [1.165, 1.54) is 60.3 Å². The molecule has 0 atom stereocenters. The van der Waals surface area contributed by atoms with Gasteiger partial charge in [0.05, 0.1) is 22.1 Å². The van der Waals surface area contributed by atoms with Crippen molar-refractivity contribution in [2.45, 2.75) is 41.5 Å². The molecule has 2 heterocycles. The van der Waals surface area contributed by atoms with Gasteiger partial charge in [-0.1, -0.05) is 145 Å². The van der Waals surface area contributed by atoms with E-state index < -0.39 is 0 Å². The standard InChI is InChI=1S/C42H26N2.3C2H6/c1-3-11-29(12-4-1)31-19-23-33(24-20-31)43-37-17-9-7-15-35(37)41-39(43)27-28-40-42(41)36-16-8-10-18-38(36)44(40)34-25-21-32(22-26-34)30-13-5-2-6-14-30;3*1-2/h1,3-5,7-28H;3*1-2H3. The predicted octanol–water partition coefficient (Wildman–Crippen LogP) is 13.9. The van der Waals surface area contributed by atoms with Gasteiger partial charge in [0.1, 0.15) is 0 Å². The number of fused-ring (bicyclic) bond motifs is 7. The van der Waals surface area contributed by atoms with Crippen LogP contribution in [-0.4, -0.2) is 9.13 Å². The van der Waals surface area contributed by atoms with E-state index in [-0.39, 0.29) is 0 Å². The SMILES string of the molecule is CC.CC.CC.c1ccc(-c2ccc(-n3c4ccccc4c4c5c6ccccc6n(-c6ccc(-c7ccccc7)cc6)c5ccc43)cc2)cc#1. The zero-order chi connectivity index (χ0) is 35.0. The Bertz CT molecular complexity index is 2270. The van der Waals surface area contributed by atoms with Crippen LogP contribution in [0.5, 0.6) is 0 Å². The molecule has 0 fully saturated rings. The molecule has 0 radical (unpaired) electrons. The van der Waals surface area contributed by atoms with Crippen LogP contribution in [0.1, 0.15) is 41.5 Å². The predicted molar refractivity (Wildman–Crippen MR) is 218 cm³/mol. The van der Waals surface area contributed by atoms with Crippen molar-refractivity contribution in [1.29, 1.82) is 0 Å². The van der Waals surface area contributed by atoms with Crippen molar-refractivity contribution in [2.24, 2.45) is 0 Å². The van der Waals surface area contributed by atoms with Gasteiger partial charge in [-0.3, -0.25) is 0 Å². The highest BCUT2D eigenvalue weighted by Crippen LogP contribution is 2.42. The van der Waals surface area contributed by atoms with Crippen LogP contribution in [0.3, 0.4) is 0 Å². The summed E-state index contributed by atoms with van der Waals surface area (Å²) in [6.45, 7) is 12.0. The van der Waals surface area contributed by atoms with Crippen LogP contribution in [0.4, 0.5) is 0 Å². The van der Waals surface area contributed by atoms with Gasteiger partial charge in [0.25, 0.3) is 0 Å². The summed E-state index contributed by atoms with van der Waals surface area (Å²) in [4.78, 5) is 0. The van der Waals surface area contributed by atoms with Gasteiger partial charge in [-0.25, -0.2) is 0 Å². The van der Waals surface area contributed by atoms with Gasteiger partial charge in [-0.05, 0) is 89.0 Å². The second-order valence-electron chi connectivity index (χ2n) is 11.2. The summed E-state index contributed by atoms with van der Waals surface area (Å²) in [5.74, 6) is 0. The summed E-state index contributed by atoms with van der Waals surface area (Å²) in [5.41, 5.74) is 11.9. The lowest BCUT2D eigenvalue weighted by molar-refractivity contribution is 1.17. The van der Waals surface area contributed by atoms with Crippen LogP contribution >= 0.6 is 0 Å². The smallest absolute Gasteiger partial charge is 0.0548 e. The zero-order valence-corrected chi connectivity index (χ0v) is 29.9. The summed E-state index contributed by atoms with van der Waals surface area (Å²) < 4.78 is 4.81. The number of nitrogens with zero attached hydrogens (tertiary/aromatic N) is 2. The third kappa shape index (κ3) is 5.93. The number of benzene rings is 6. The zero-order valence-electron chi connectivity index (χ0n) is 29.9. The highest BCUT2D eigenvalue weighted by molar-refractivity contribution is 6.28. The van der Waals surface area contributed by atoms with Crippen molar-refractivity contribution in [3.63, 3.8) is 0 Å². The molecule has 9 rings (SSSR count). The number of hydrogen-bond donors (Lipinski definition) is 0. The Morgan fingerprint density at radius 1 is 0.340 bits per heavy atom. The number of aromatic nitrogens is 2. The van der Waals surface area contributed by atoms with E-state index in [0.29, 0.717) is 0 Å². The minimum absolute atomic E-state index is 1.14. The summed E-state index contributed by atoms with van der Waals surface area (Å²) in [6, 6.07) is 62.5. The first kappa shape index (κ1) is 33.8. The second kappa shape index (κ2) is 15.5. The van der Waals surface area contributed by atoms with Gasteiger partial charge in [-0.15, -0.1) is 0 Å². The average Bonchev–Trinajstić information content (AvgIpc) is 3.74. The molecule has 2 heteroatoms. The molecule has 0 saturated carbocycles. The highest BCUT2D eigenvalue weighted by Gasteiger charge is 2.20. The van der Waals surface area contributed by atoms with E-state index in [1.54, 1.807) is 0 Å². The maximum absolute atomic E-state index is 3.07. The molecule has 0 aliphatic rings. The minimum Gasteiger partial charge on any atom is -0.309 e. The molecule has 0 unspecified atom stereocenters. The van der Waals surface area contributed by atoms with E-state index in [2.05, 4.69) is 167 Å². The molecule has 2 aromatic heterocycles. The first-order chi connectivity index (χ1) is 24.8. The van der Waals surface area contributed by atoms with Crippen molar-refractivity contribution in [3.05, 3.63) is 170 Å². The summed E-state index contributed by atoms with van der Waals surface area (Å²) in [5, 5.41) is 5.09.